The van der Waals surface area contributed by atoms with Gasteiger partial charge in [-0.3, -0.25) is 0 Å². The topological polar surface area (TPSA) is 62.5 Å². The van der Waals surface area contributed by atoms with E-state index in [0.29, 0.717) is 5.57 Å². The number of methoxy groups -OCH3 is 1. The van der Waals surface area contributed by atoms with E-state index in [0.717, 1.165) is 16.8 Å². The molecule has 92 valence electrons. The van der Waals surface area contributed by atoms with Crippen molar-refractivity contribution in [2.24, 2.45) is 5.11 Å². The van der Waals surface area contributed by atoms with Gasteiger partial charge < -0.3 is 4.74 Å². The first-order valence-electron chi connectivity index (χ1n) is 5.10. The molecule has 0 bridgehead atoms. The number of benzene rings is 1. The van der Waals surface area contributed by atoms with Crippen molar-refractivity contribution in [3.05, 3.63) is 41.5 Å². The molecule has 0 radical (unpaired) electrons. The molecule has 1 aromatic rings. The molecular weight excluding hydrogens is 216 g/mol. The standard InChI is InChI=1S/C8H10N2.C5H8O2/c1-6-3-7(2)5-8(4-6)10-9;1-4(2)5(6)7-3/h3-5,9H,1-2H3;1H2,2-3H3. The van der Waals surface area contributed by atoms with Crippen LogP contribution in [0.5, 0.6) is 0 Å². The maximum atomic E-state index is 10.2. The van der Waals surface area contributed by atoms with Gasteiger partial charge in [-0.2, -0.15) is 5.11 Å². The minimum atomic E-state index is -0.347. The van der Waals surface area contributed by atoms with E-state index < -0.39 is 0 Å². The fourth-order valence-corrected chi connectivity index (χ4v) is 1.19. The zero-order valence-corrected chi connectivity index (χ0v) is 10.7. The Morgan fingerprint density at radius 3 is 2.00 bits per heavy atom. The third-order valence-electron chi connectivity index (χ3n) is 1.87. The van der Waals surface area contributed by atoms with Gasteiger partial charge in [0, 0.05) is 5.57 Å². The highest BCUT2D eigenvalue weighted by atomic mass is 16.5. The molecule has 0 spiro atoms. The quantitative estimate of drug-likeness (QED) is 0.481. The van der Waals surface area contributed by atoms with Crippen molar-refractivity contribution < 1.29 is 9.53 Å². The zero-order valence-electron chi connectivity index (χ0n) is 10.7. The van der Waals surface area contributed by atoms with Crippen LogP contribution in [0.1, 0.15) is 18.1 Å². The van der Waals surface area contributed by atoms with Crippen molar-refractivity contribution in [3.8, 4) is 0 Å². The molecule has 0 fully saturated rings. The molecule has 0 saturated carbocycles. The van der Waals surface area contributed by atoms with Crippen LogP contribution in [0.2, 0.25) is 0 Å². The molecule has 0 amide bonds. The minimum Gasteiger partial charge on any atom is -0.466 e. The Kier molecular flexibility index (Phi) is 6.48. The molecule has 1 aromatic carbocycles. The smallest absolute Gasteiger partial charge is 0.332 e. The van der Waals surface area contributed by atoms with E-state index in [9.17, 15) is 4.79 Å². The lowest BCUT2D eigenvalue weighted by Gasteiger charge is -1.96. The fourth-order valence-electron chi connectivity index (χ4n) is 1.19. The second-order valence-corrected chi connectivity index (χ2v) is 3.73. The molecule has 1 rings (SSSR count). The monoisotopic (exact) mass is 234 g/mol. The predicted molar refractivity (Wildman–Crippen MR) is 67.6 cm³/mol. The van der Waals surface area contributed by atoms with Crippen molar-refractivity contribution in [3.63, 3.8) is 0 Å². The van der Waals surface area contributed by atoms with Crippen molar-refractivity contribution >= 4 is 11.7 Å². The van der Waals surface area contributed by atoms with E-state index in [2.05, 4.69) is 22.5 Å². The van der Waals surface area contributed by atoms with Crippen LogP contribution < -0.4 is 0 Å². The predicted octanol–water partition coefficient (Wildman–Crippen LogP) is 3.70. The lowest BCUT2D eigenvalue weighted by atomic mass is 10.1. The van der Waals surface area contributed by atoms with Gasteiger partial charge in [-0.1, -0.05) is 12.6 Å². The van der Waals surface area contributed by atoms with Crippen LogP contribution in [-0.2, 0) is 9.53 Å². The summed E-state index contributed by atoms with van der Waals surface area (Å²) >= 11 is 0. The SMILES string of the molecule is C=C(C)C(=O)OC.Cc1cc(C)cc(N=N)c1. The van der Waals surface area contributed by atoms with Crippen LogP contribution in [-0.4, -0.2) is 13.1 Å². The molecule has 0 saturated heterocycles. The molecule has 0 aromatic heterocycles. The average molecular weight is 234 g/mol. The van der Waals surface area contributed by atoms with Gasteiger partial charge in [-0.25, -0.2) is 10.3 Å². The van der Waals surface area contributed by atoms with Crippen LogP contribution in [0.15, 0.2) is 35.5 Å². The minimum absolute atomic E-state index is 0.347. The molecule has 0 aliphatic rings. The maximum absolute atomic E-state index is 10.2. The Labute approximate surface area is 102 Å². The fraction of sp³-hybridized carbons (Fsp3) is 0.308. The number of nitrogens with zero attached hydrogens (tertiary/aromatic N) is 1. The third kappa shape index (κ3) is 6.25. The molecule has 0 unspecified atom stereocenters. The Balaban J connectivity index is 0.000000325. The van der Waals surface area contributed by atoms with Gasteiger partial charge in [-0.15, -0.1) is 0 Å². The van der Waals surface area contributed by atoms with E-state index in [1.807, 2.05) is 26.0 Å². The number of carbonyl (C=O) groups is 1. The number of hydrogen-bond acceptors (Lipinski definition) is 4. The van der Waals surface area contributed by atoms with Crippen molar-refractivity contribution in [2.75, 3.05) is 7.11 Å². The normalized spacial score (nSPS) is 8.71. The van der Waals surface area contributed by atoms with Gasteiger partial charge in [-0.05, 0) is 44.0 Å². The summed E-state index contributed by atoms with van der Waals surface area (Å²) in [5.74, 6) is -0.347. The Bertz CT molecular complexity index is 405. The highest BCUT2D eigenvalue weighted by Crippen LogP contribution is 2.15. The Morgan fingerprint density at radius 2 is 1.76 bits per heavy atom. The number of carbonyl (C=O) groups excluding carboxylic acids is 1. The third-order valence-corrected chi connectivity index (χ3v) is 1.87. The summed E-state index contributed by atoms with van der Waals surface area (Å²) in [6.45, 7) is 8.96. The van der Waals surface area contributed by atoms with Crippen LogP contribution in [0, 0.1) is 19.4 Å². The number of aryl methyl sites for hydroxylation is 2. The van der Waals surface area contributed by atoms with Crippen LogP contribution >= 0.6 is 0 Å². The van der Waals surface area contributed by atoms with Crippen LogP contribution in [0.4, 0.5) is 5.69 Å². The van der Waals surface area contributed by atoms with Gasteiger partial charge in [0.05, 0.1) is 12.8 Å². The first kappa shape index (κ1) is 15.0. The molecule has 0 aliphatic carbocycles. The number of esters is 1. The zero-order chi connectivity index (χ0) is 13.4. The van der Waals surface area contributed by atoms with Crippen LogP contribution in [0.3, 0.4) is 0 Å². The Hall–Kier alpha value is -1.97. The van der Waals surface area contributed by atoms with Crippen molar-refractivity contribution in [1.29, 1.82) is 5.53 Å². The highest BCUT2D eigenvalue weighted by molar-refractivity contribution is 5.86. The molecule has 4 heteroatoms. The molecule has 4 nitrogen and oxygen atoms in total. The number of hydrogen-bond donors (Lipinski definition) is 1. The van der Waals surface area contributed by atoms with Gasteiger partial charge in [0.25, 0.3) is 0 Å². The summed E-state index contributed by atoms with van der Waals surface area (Å²) in [6.07, 6.45) is 0. The summed E-state index contributed by atoms with van der Waals surface area (Å²) in [4.78, 5) is 10.2. The van der Waals surface area contributed by atoms with E-state index >= 15 is 0 Å². The largest absolute Gasteiger partial charge is 0.466 e. The first-order chi connectivity index (χ1) is 7.90. The lowest BCUT2D eigenvalue weighted by Crippen LogP contribution is -1.98. The summed E-state index contributed by atoms with van der Waals surface area (Å²) < 4.78 is 4.27. The number of rotatable bonds is 2. The molecule has 0 aliphatic heterocycles. The molecule has 1 N–H and O–H groups in total. The number of nitrogens with one attached hydrogen (secondary N) is 1. The lowest BCUT2D eigenvalue weighted by molar-refractivity contribution is -0.136. The summed E-state index contributed by atoms with van der Waals surface area (Å²) in [5, 5.41) is 3.34. The van der Waals surface area contributed by atoms with E-state index in [1.54, 1.807) is 6.92 Å². The average Bonchev–Trinajstić information content (AvgIpc) is 2.27. The molecule has 0 heterocycles. The van der Waals surface area contributed by atoms with Gasteiger partial charge >= 0.3 is 5.97 Å². The van der Waals surface area contributed by atoms with E-state index in [4.69, 9.17) is 5.53 Å². The van der Waals surface area contributed by atoms with E-state index in [1.165, 1.54) is 7.11 Å². The summed E-state index contributed by atoms with van der Waals surface area (Å²) in [5.41, 5.74) is 10.2. The van der Waals surface area contributed by atoms with Gasteiger partial charge in [0.2, 0.25) is 0 Å². The van der Waals surface area contributed by atoms with Gasteiger partial charge in [0.15, 0.2) is 0 Å². The molecule has 17 heavy (non-hydrogen) atoms. The van der Waals surface area contributed by atoms with Crippen molar-refractivity contribution in [2.45, 2.75) is 20.8 Å². The second kappa shape index (κ2) is 7.33. The second-order valence-electron chi connectivity index (χ2n) is 3.73. The van der Waals surface area contributed by atoms with Crippen molar-refractivity contribution in [1.82, 2.24) is 0 Å². The summed E-state index contributed by atoms with van der Waals surface area (Å²) in [7, 11) is 1.33. The van der Waals surface area contributed by atoms with E-state index in [-0.39, 0.29) is 5.97 Å². The number of ether oxygens (including phenoxy) is 1. The Morgan fingerprint density at radius 1 is 1.29 bits per heavy atom. The molecular formula is C13H18N2O2. The van der Waals surface area contributed by atoms with Crippen LogP contribution in [0.25, 0.3) is 0 Å². The first-order valence-corrected chi connectivity index (χ1v) is 5.10. The highest BCUT2D eigenvalue weighted by Gasteiger charge is 1.95. The summed E-state index contributed by atoms with van der Waals surface area (Å²) in [6, 6.07) is 5.84. The maximum Gasteiger partial charge on any atom is 0.332 e. The molecule has 0 atom stereocenters. The van der Waals surface area contributed by atoms with Gasteiger partial charge in [0.1, 0.15) is 0 Å².